The van der Waals surface area contributed by atoms with E-state index in [2.05, 4.69) is 13.8 Å². The summed E-state index contributed by atoms with van der Waals surface area (Å²) in [6, 6.07) is 6.78. The van der Waals surface area contributed by atoms with Crippen LogP contribution in [0.15, 0.2) is 24.3 Å². The molecule has 0 aliphatic rings. The number of hydrogen-bond donors (Lipinski definition) is 0. The lowest BCUT2D eigenvalue weighted by Gasteiger charge is -2.11. The maximum absolute atomic E-state index is 12.0. The van der Waals surface area contributed by atoms with Crippen LogP contribution in [-0.2, 0) is 9.59 Å². The summed E-state index contributed by atoms with van der Waals surface area (Å²) in [4.78, 5) is 23.4. The molecule has 4 heteroatoms. The van der Waals surface area contributed by atoms with Crippen molar-refractivity contribution in [1.82, 2.24) is 0 Å². The first-order valence-corrected chi connectivity index (χ1v) is 10.1. The van der Waals surface area contributed by atoms with Crippen LogP contribution in [-0.4, -0.2) is 11.9 Å². The first-order chi connectivity index (χ1) is 12.6. The number of rotatable bonds is 13. The number of para-hydroxylation sites is 2. The Kier molecular flexibility index (Phi) is 11.4. The fourth-order valence-corrected chi connectivity index (χ4v) is 2.92. The minimum atomic E-state index is -0.345. The lowest BCUT2D eigenvalue weighted by Crippen LogP contribution is -2.11. The zero-order valence-corrected chi connectivity index (χ0v) is 16.6. The summed E-state index contributed by atoms with van der Waals surface area (Å²) in [7, 11) is 0. The molecule has 0 atom stereocenters. The Bertz CT molecular complexity index is 535. The number of ether oxygens (including phenoxy) is 2. The van der Waals surface area contributed by atoms with Crippen molar-refractivity contribution in [2.75, 3.05) is 0 Å². The summed E-state index contributed by atoms with van der Waals surface area (Å²) >= 11 is 0. The van der Waals surface area contributed by atoms with Crippen molar-refractivity contribution in [3.05, 3.63) is 24.3 Å². The highest BCUT2D eigenvalue weighted by Gasteiger charge is 2.12. The fraction of sp³-hybridized carbons (Fsp3) is 0.636. The predicted octanol–water partition coefficient (Wildman–Crippen LogP) is 6.07. The van der Waals surface area contributed by atoms with E-state index in [1.54, 1.807) is 31.2 Å². The number of benzene rings is 1. The SMILES string of the molecule is CCC(=O)Oc1ccccc1OC(=O)CCCCCCCC(CC)CC. The van der Waals surface area contributed by atoms with E-state index >= 15 is 0 Å². The highest BCUT2D eigenvalue weighted by Crippen LogP contribution is 2.27. The second-order valence-corrected chi connectivity index (χ2v) is 6.74. The zero-order chi connectivity index (χ0) is 19.2. The van der Waals surface area contributed by atoms with Crippen LogP contribution in [0.5, 0.6) is 11.5 Å². The Morgan fingerprint density at radius 1 is 0.808 bits per heavy atom. The van der Waals surface area contributed by atoms with E-state index in [-0.39, 0.29) is 18.4 Å². The van der Waals surface area contributed by atoms with E-state index in [4.69, 9.17) is 9.47 Å². The summed E-state index contributed by atoms with van der Waals surface area (Å²) in [6.45, 7) is 6.25. The lowest BCUT2D eigenvalue weighted by molar-refractivity contribution is -0.137. The molecular weight excluding hydrogens is 328 g/mol. The highest BCUT2D eigenvalue weighted by molar-refractivity contribution is 5.75. The van der Waals surface area contributed by atoms with Gasteiger partial charge in [-0.25, -0.2) is 0 Å². The van der Waals surface area contributed by atoms with Gasteiger partial charge in [0.05, 0.1) is 0 Å². The summed E-state index contributed by atoms with van der Waals surface area (Å²) in [6.07, 6.45) is 10.1. The van der Waals surface area contributed by atoms with Crippen molar-refractivity contribution in [2.24, 2.45) is 5.92 Å². The van der Waals surface area contributed by atoms with Gasteiger partial charge in [0, 0.05) is 12.8 Å². The van der Waals surface area contributed by atoms with E-state index in [1.165, 1.54) is 32.1 Å². The Labute approximate surface area is 158 Å². The summed E-state index contributed by atoms with van der Waals surface area (Å²) < 4.78 is 10.6. The Balaban J connectivity index is 2.24. The number of unbranched alkanes of at least 4 members (excludes halogenated alkanes) is 4. The van der Waals surface area contributed by atoms with E-state index in [0.29, 0.717) is 17.9 Å². The standard InChI is InChI=1S/C22H34O4/c1-4-18(5-2)14-10-8-7-9-11-17-22(24)26-20-16-13-12-15-19(20)25-21(23)6-3/h12-13,15-16,18H,4-11,14,17H2,1-3H3. The van der Waals surface area contributed by atoms with Crippen molar-refractivity contribution >= 4 is 11.9 Å². The van der Waals surface area contributed by atoms with Crippen molar-refractivity contribution in [3.8, 4) is 11.5 Å². The van der Waals surface area contributed by atoms with Crippen LogP contribution in [0.25, 0.3) is 0 Å². The van der Waals surface area contributed by atoms with Crippen LogP contribution in [0.3, 0.4) is 0 Å². The maximum atomic E-state index is 12.0. The molecule has 0 aliphatic heterocycles. The van der Waals surface area contributed by atoms with Crippen LogP contribution in [0.1, 0.15) is 85.0 Å². The molecule has 146 valence electrons. The molecule has 26 heavy (non-hydrogen) atoms. The Morgan fingerprint density at radius 3 is 1.92 bits per heavy atom. The fourth-order valence-electron chi connectivity index (χ4n) is 2.92. The van der Waals surface area contributed by atoms with Crippen molar-refractivity contribution < 1.29 is 19.1 Å². The first kappa shape index (κ1) is 22.2. The van der Waals surface area contributed by atoms with Gasteiger partial charge in [0.15, 0.2) is 11.5 Å². The van der Waals surface area contributed by atoms with Gasteiger partial charge in [0.2, 0.25) is 0 Å². The number of carbonyl (C=O) groups excluding carboxylic acids is 2. The van der Waals surface area contributed by atoms with Gasteiger partial charge < -0.3 is 9.47 Å². The monoisotopic (exact) mass is 362 g/mol. The number of hydrogen-bond acceptors (Lipinski definition) is 4. The topological polar surface area (TPSA) is 52.6 Å². The van der Waals surface area contributed by atoms with Gasteiger partial charge >= 0.3 is 11.9 Å². The molecule has 0 aliphatic carbocycles. The average molecular weight is 363 g/mol. The third-order valence-electron chi connectivity index (χ3n) is 4.73. The molecule has 1 aromatic rings. The largest absolute Gasteiger partial charge is 0.423 e. The van der Waals surface area contributed by atoms with Gasteiger partial charge in [-0.2, -0.15) is 0 Å². The molecule has 0 unspecified atom stereocenters. The summed E-state index contributed by atoms with van der Waals surface area (Å²) in [5.74, 6) is 0.856. The molecule has 0 saturated carbocycles. The van der Waals surface area contributed by atoms with Gasteiger partial charge in [-0.1, -0.05) is 77.8 Å². The second kappa shape index (κ2) is 13.4. The first-order valence-electron chi connectivity index (χ1n) is 10.1. The van der Waals surface area contributed by atoms with Crippen molar-refractivity contribution in [1.29, 1.82) is 0 Å². The zero-order valence-electron chi connectivity index (χ0n) is 16.6. The molecule has 1 aromatic carbocycles. The normalized spacial score (nSPS) is 10.8. The van der Waals surface area contributed by atoms with E-state index in [0.717, 1.165) is 25.2 Å². The Morgan fingerprint density at radius 2 is 1.35 bits per heavy atom. The van der Waals surface area contributed by atoms with Gasteiger partial charge in [-0.15, -0.1) is 0 Å². The molecule has 0 N–H and O–H groups in total. The van der Waals surface area contributed by atoms with Gasteiger partial charge in [0.25, 0.3) is 0 Å². The maximum Gasteiger partial charge on any atom is 0.311 e. The third kappa shape index (κ3) is 9.02. The van der Waals surface area contributed by atoms with Crippen LogP contribution in [0.2, 0.25) is 0 Å². The number of carbonyl (C=O) groups is 2. The Hall–Kier alpha value is -1.84. The van der Waals surface area contributed by atoms with E-state index in [1.807, 2.05) is 0 Å². The molecule has 1 rings (SSSR count). The third-order valence-corrected chi connectivity index (χ3v) is 4.73. The quantitative estimate of drug-likeness (QED) is 0.243. The predicted molar refractivity (Wildman–Crippen MR) is 104 cm³/mol. The molecule has 0 fully saturated rings. The second-order valence-electron chi connectivity index (χ2n) is 6.74. The van der Waals surface area contributed by atoms with E-state index < -0.39 is 0 Å². The van der Waals surface area contributed by atoms with Crippen LogP contribution in [0, 0.1) is 5.92 Å². The van der Waals surface area contributed by atoms with Gasteiger partial charge in [0.1, 0.15) is 0 Å². The average Bonchev–Trinajstić information content (AvgIpc) is 2.65. The lowest BCUT2D eigenvalue weighted by atomic mass is 9.96. The summed E-state index contributed by atoms with van der Waals surface area (Å²) in [5.41, 5.74) is 0. The molecule has 0 spiro atoms. The minimum absolute atomic E-state index is 0.276. The number of esters is 2. The smallest absolute Gasteiger partial charge is 0.311 e. The molecule has 0 aromatic heterocycles. The highest BCUT2D eigenvalue weighted by atomic mass is 16.6. The van der Waals surface area contributed by atoms with Crippen molar-refractivity contribution in [3.63, 3.8) is 0 Å². The molecule has 0 bridgehead atoms. The molecule has 4 nitrogen and oxygen atoms in total. The van der Waals surface area contributed by atoms with Crippen molar-refractivity contribution in [2.45, 2.75) is 85.0 Å². The van der Waals surface area contributed by atoms with Crippen LogP contribution >= 0.6 is 0 Å². The molecule has 0 radical (unpaired) electrons. The molecule has 0 saturated heterocycles. The van der Waals surface area contributed by atoms with E-state index in [9.17, 15) is 9.59 Å². The van der Waals surface area contributed by atoms with Crippen LogP contribution in [0.4, 0.5) is 0 Å². The van der Waals surface area contributed by atoms with Crippen LogP contribution < -0.4 is 9.47 Å². The molecule has 0 amide bonds. The minimum Gasteiger partial charge on any atom is -0.423 e. The molecular formula is C22H34O4. The van der Waals surface area contributed by atoms with Gasteiger partial charge in [-0.05, 0) is 24.5 Å². The summed E-state index contributed by atoms with van der Waals surface area (Å²) in [5, 5.41) is 0. The van der Waals surface area contributed by atoms with Gasteiger partial charge in [-0.3, -0.25) is 9.59 Å². The molecule has 0 heterocycles.